The molecular weight excluding hydrogens is 390 g/mol. The number of aryl methyl sites for hydroxylation is 1. The third kappa shape index (κ3) is 12.9. The van der Waals surface area contributed by atoms with Crippen LogP contribution in [-0.2, 0) is 6.42 Å². The minimum absolute atomic E-state index is 0.106. The van der Waals surface area contributed by atoms with Crippen molar-refractivity contribution in [1.29, 1.82) is 0 Å². The van der Waals surface area contributed by atoms with Gasteiger partial charge in [0.2, 0.25) is 0 Å². The van der Waals surface area contributed by atoms with Gasteiger partial charge in [0, 0.05) is 11.4 Å². The predicted molar refractivity (Wildman–Crippen MR) is 141 cm³/mol. The predicted octanol–water partition coefficient (Wildman–Crippen LogP) is 9.21. The van der Waals surface area contributed by atoms with E-state index in [4.69, 9.17) is 0 Å². The normalized spacial score (nSPS) is 12.1. The van der Waals surface area contributed by atoms with Gasteiger partial charge in [-0.15, -0.1) is 0 Å². The molecule has 0 amide bonds. The summed E-state index contributed by atoms with van der Waals surface area (Å²) in [5, 5.41) is 13.7. The van der Waals surface area contributed by atoms with Gasteiger partial charge in [-0.1, -0.05) is 114 Å². The Hall–Kier alpha value is -1.80. The quantitative estimate of drug-likeness (QED) is 0.215. The fraction of sp³-hybridized carbons (Fsp3) is 0.600. The first kappa shape index (κ1) is 26.5. The van der Waals surface area contributed by atoms with Gasteiger partial charge in [0.05, 0.1) is 6.10 Å². The van der Waals surface area contributed by atoms with Gasteiger partial charge < -0.3 is 10.4 Å². The lowest BCUT2D eigenvalue weighted by atomic mass is 10.0. The summed E-state index contributed by atoms with van der Waals surface area (Å²) in [4.78, 5) is 0. The summed E-state index contributed by atoms with van der Waals surface area (Å²) in [6, 6.07) is 19.0. The van der Waals surface area contributed by atoms with Crippen molar-refractivity contribution in [1.82, 2.24) is 0 Å². The van der Waals surface area contributed by atoms with Crippen LogP contribution in [0.5, 0.6) is 0 Å². The Kier molecular flexibility index (Phi) is 14.6. The fourth-order valence-corrected chi connectivity index (χ4v) is 4.34. The Labute approximate surface area is 197 Å². The molecule has 2 heteroatoms. The summed E-state index contributed by atoms with van der Waals surface area (Å²) >= 11 is 0. The van der Waals surface area contributed by atoms with Gasteiger partial charge >= 0.3 is 0 Å². The zero-order valence-corrected chi connectivity index (χ0v) is 20.5. The van der Waals surface area contributed by atoms with Crippen LogP contribution in [0.3, 0.4) is 0 Å². The molecule has 0 spiro atoms. The molecule has 1 atom stereocenters. The number of rotatable bonds is 19. The van der Waals surface area contributed by atoms with E-state index in [1.165, 1.54) is 76.2 Å². The largest absolute Gasteiger partial charge is 0.393 e. The number of aliphatic hydroxyl groups is 1. The second-order valence-electron chi connectivity index (χ2n) is 9.41. The number of hydrogen-bond acceptors (Lipinski definition) is 2. The molecule has 0 saturated carbocycles. The molecule has 32 heavy (non-hydrogen) atoms. The molecule has 0 fully saturated rings. The summed E-state index contributed by atoms with van der Waals surface area (Å²) in [5.74, 6) is 0. The van der Waals surface area contributed by atoms with E-state index < -0.39 is 0 Å². The van der Waals surface area contributed by atoms with Crippen molar-refractivity contribution in [2.24, 2.45) is 0 Å². The first-order valence-corrected chi connectivity index (χ1v) is 13.4. The van der Waals surface area contributed by atoms with Crippen LogP contribution in [0.4, 0.5) is 11.4 Å². The number of para-hydroxylation sites is 1. The van der Waals surface area contributed by atoms with Crippen LogP contribution < -0.4 is 5.32 Å². The molecule has 0 aliphatic rings. The molecule has 0 bridgehead atoms. The number of benzene rings is 2. The SMILES string of the molecule is CCCCCCCCCCCCCC(O)CCCCc1ccc(Nc2ccccc2)cc1. The zero-order chi connectivity index (χ0) is 22.7. The Morgan fingerprint density at radius 1 is 0.594 bits per heavy atom. The fourth-order valence-electron chi connectivity index (χ4n) is 4.34. The van der Waals surface area contributed by atoms with Crippen LogP contribution in [0.15, 0.2) is 54.6 Å². The second kappa shape index (κ2) is 17.7. The molecule has 0 aliphatic carbocycles. The van der Waals surface area contributed by atoms with E-state index >= 15 is 0 Å². The Balaban J connectivity index is 1.42. The number of hydrogen-bond donors (Lipinski definition) is 2. The van der Waals surface area contributed by atoms with E-state index in [1.807, 2.05) is 18.2 Å². The van der Waals surface area contributed by atoms with E-state index in [1.54, 1.807) is 0 Å². The average molecular weight is 438 g/mol. The monoisotopic (exact) mass is 437 g/mol. The van der Waals surface area contributed by atoms with Gasteiger partial charge in [-0.3, -0.25) is 0 Å². The van der Waals surface area contributed by atoms with E-state index in [0.717, 1.165) is 43.5 Å². The van der Waals surface area contributed by atoms with Gasteiger partial charge in [-0.25, -0.2) is 0 Å². The van der Waals surface area contributed by atoms with E-state index in [0.29, 0.717) is 0 Å². The summed E-state index contributed by atoms with van der Waals surface area (Å²) < 4.78 is 0. The van der Waals surface area contributed by atoms with Crippen LogP contribution in [0.1, 0.15) is 109 Å². The summed E-state index contributed by atoms with van der Waals surface area (Å²) in [6.07, 6.45) is 20.2. The van der Waals surface area contributed by atoms with Crippen LogP contribution >= 0.6 is 0 Å². The van der Waals surface area contributed by atoms with Crippen molar-refractivity contribution in [3.63, 3.8) is 0 Å². The molecule has 0 saturated heterocycles. The van der Waals surface area contributed by atoms with Gasteiger partial charge in [0.15, 0.2) is 0 Å². The van der Waals surface area contributed by atoms with Gasteiger partial charge in [-0.2, -0.15) is 0 Å². The standard InChI is InChI=1S/C30H47NO/c1-2-3-4-5-6-7-8-9-10-11-15-21-30(32)22-17-16-18-27-23-25-29(26-24-27)31-28-19-13-12-14-20-28/h12-14,19-20,23-26,30-32H,2-11,15-18,21-22H2,1H3. The highest BCUT2D eigenvalue weighted by molar-refractivity contribution is 5.59. The molecule has 0 aromatic heterocycles. The number of anilines is 2. The Morgan fingerprint density at radius 3 is 1.69 bits per heavy atom. The molecule has 2 rings (SSSR count). The van der Waals surface area contributed by atoms with Crippen LogP contribution in [0.25, 0.3) is 0 Å². The lowest BCUT2D eigenvalue weighted by molar-refractivity contribution is 0.147. The molecule has 2 N–H and O–H groups in total. The molecule has 0 aliphatic heterocycles. The molecule has 0 radical (unpaired) electrons. The van der Waals surface area contributed by atoms with Crippen molar-refractivity contribution in [3.05, 3.63) is 60.2 Å². The number of nitrogens with one attached hydrogen (secondary N) is 1. The second-order valence-corrected chi connectivity index (χ2v) is 9.41. The average Bonchev–Trinajstić information content (AvgIpc) is 2.82. The lowest BCUT2D eigenvalue weighted by Gasteiger charge is -2.11. The van der Waals surface area contributed by atoms with Crippen LogP contribution in [-0.4, -0.2) is 11.2 Å². The Bertz CT molecular complexity index is 667. The maximum Gasteiger partial charge on any atom is 0.0540 e. The number of unbranched alkanes of at least 4 members (excludes halogenated alkanes) is 11. The topological polar surface area (TPSA) is 32.3 Å². The highest BCUT2D eigenvalue weighted by Crippen LogP contribution is 2.18. The van der Waals surface area contributed by atoms with Crippen LogP contribution in [0, 0.1) is 0 Å². The number of aliphatic hydroxyl groups excluding tert-OH is 1. The highest BCUT2D eigenvalue weighted by atomic mass is 16.3. The molecule has 178 valence electrons. The van der Waals surface area contributed by atoms with Crippen molar-refractivity contribution >= 4 is 11.4 Å². The van der Waals surface area contributed by atoms with Gasteiger partial charge in [-0.05, 0) is 55.5 Å². The minimum atomic E-state index is -0.106. The van der Waals surface area contributed by atoms with Crippen LogP contribution in [0.2, 0.25) is 0 Å². The third-order valence-electron chi connectivity index (χ3n) is 6.41. The molecule has 1 unspecified atom stereocenters. The van der Waals surface area contributed by atoms with Crippen molar-refractivity contribution < 1.29 is 5.11 Å². The first-order valence-electron chi connectivity index (χ1n) is 13.4. The molecular formula is C30H47NO. The molecule has 2 nitrogen and oxygen atoms in total. The third-order valence-corrected chi connectivity index (χ3v) is 6.41. The van der Waals surface area contributed by atoms with E-state index in [2.05, 4.69) is 48.6 Å². The smallest absolute Gasteiger partial charge is 0.0540 e. The highest BCUT2D eigenvalue weighted by Gasteiger charge is 2.04. The summed E-state index contributed by atoms with van der Waals surface area (Å²) in [6.45, 7) is 2.28. The maximum absolute atomic E-state index is 10.3. The van der Waals surface area contributed by atoms with Crippen molar-refractivity contribution in [3.8, 4) is 0 Å². The van der Waals surface area contributed by atoms with Gasteiger partial charge in [0.25, 0.3) is 0 Å². The minimum Gasteiger partial charge on any atom is -0.393 e. The summed E-state index contributed by atoms with van der Waals surface area (Å²) in [7, 11) is 0. The Morgan fingerprint density at radius 2 is 1.09 bits per heavy atom. The van der Waals surface area contributed by atoms with Gasteiger partial charge in [0.1, 0.15) is 0 Å². The summed E-state index contributed by atoms with van der Waals surface area (Å²) in [5.41, 5.74) is 3.62. The first-order chi connectivity index (χ1) is 15.8. The van der Waals surface area contributed by atoms with E-state index in [-0.39, 0.29) is 6.10 Å². The van der Waals surface area contributed by atoms with E-state index in [9.17, 15) is 5.11 Å². The molecule has 0 heterocycles. The molecule has 2 aromatic carbocycles. The molecule has 2 aromatic rings. The maximum atomic E-state index is 10.3. The van der Waals surface area contributed by atoms with Crippen molar-refractivity contribution in [2.45, 2.75) is 116 Å². The lowest BCUT2D eigenvalue weighted by Crippen LogP contribution is -2.06. The van der Waals surface area contributed by atoms with Crippen molar-refractivity contribution in [2.75, 3.05) is 5.32 Å². The zero-order valence-electron chi connectivity index (χ0n) is 20.5.